The molecular formula is C18H21Cl. The smallest absolute Gasteiger partial charge is 0.0840 e. The van der Waals surface area contributed by atoms with Gasteiger partial charge in [0, 0.05) is 0 Å². The monoisotopic (exact) mass is 272 g/mol. The van der Waals surface area contributed by atoms with E-state index in [1.165, 1.54) is 27.8 Å². The highest BCUT2D eigenvalue weighted by atomic mass is 35.5. The van der Waals surface area contributed by atoms with E-state index in [0.717, 1.165) is 12.8 Å². The first-order valence-corrected chi connectivity index (χ1v) is 7.42. The molecule has 1 atom stereocenters. The van der Waals surface area contributed by atoms with Crippen molar-refractivity contribution in [3.63, 3.8) is 0 Å². The van der Waals surface area contributed by atoms with Crippen molar-refractivity contribution >= 4 is 11.6 Å². The molecule has 0 saturated carbocycles. The van der Waals surface area contributed by atoms with Crippen LogP contribution in [0.3, 0.4) is 0 Å². The molecule has 0 aliphatic rings. The Kier molecular flexibility index (Phi) is 4.66. The van der Waals surface area contributed by atoms with Gasteiger partial charge in [-0.1, -0.05) is 56.3 Å². The molecule has 0 bridgehead atoms. The molecule has 0 spiro atoms. The Morgan fingerprint density at radius 2 is 1.68 bits per heavy atom. The van der Waals surface area contributed by atoms with Crippen LogP contribution in [0.4, 0.5) is 0 Å². The van der Waals surface area contributed by atoms with Gasteiger partial charge < -0.3 is 0 Å². The van der Waals surface area contributed by atoms with Crippen LogP contribution in [0, 0.1) is 6.92 Å². The maximum atomic E-state index is 6.75. The Morgan fingerprint density at radius 1 is 0.947 bits per heavy atom. The minimum Gasteiger partial charge on any atom is -0.113 e. The van der Waals surface area contributed by atoms with Gasteiger partial charge in [-0.25, -0.2) is 0 Å². The summed E-state index contributed by atoms with van der Waals surface area (Å²) in [5.74, 6) is 0. The van der Waals surface area contributed by atoms with E-state index in [9.17, 15) is 0 Å². The van der Waals surface area contributed by atoms with E-state index in [4.69, 9.17) is 11.6 Å². The SMILES string of the molecule is CCc1ccc(CC)c(C(Cl)c2ccccc2C)c1. The van der Waals surface area contributed by atoms with Gasteiger partial charge in [0.25, 0.3) is 0 Å². The fourth-order valence-electron chi connectivity index (χ4n) is 2.46. The van der Waals surface area contributed by atoms with Crippen molar-refractivity contribution in [1.82, 2.24) is 0 Å². The predicted molar refractivity (Wildman–Crippen MR) is 84.1 cm³/mol. The molecule has 0 aliphatic carbocycles. The highest BCUT2D eigenvalue weighted by Crippen LogP contribution is 2.33. The van der Waals surface area contributed by atoms with E-state index in [-0.39, 0.29) is 5.38 Å². The minimum atomic E-state index is -0.0531. The molecular weight excluding hydrogens is 252 g/mol. The molecule has 0 N–H and O–H groups in total. The van der Waals surface area contributed by atoms with Gasteiger partial charge in [-0.2, -0.15) is 0 Å². The Morgan fingerprint density at radius 3 is 2.32 bits per heavy atom. The van der Waals surface area contributed by atoms with E-state index >= 15 is 0 Å². The number of benzene rings is 2. The van der Waals surface area contributed by atoms with Gasteiger partial charge in [0.05, 0.1) is 5.38 Å². The molecule has 1 unspecified atom stereocenters. The van der Waals surface area contributed by atoms with Crippen LogP contribution in [0.1, 0.15) is 47.0 Å². The molecule has 100 valence electrons. The van der Waals surface area contributed by atoms with E-state index in [1.807, 2.05) is 0 Å². The lowest BCUT2D eigenvalue weighted by Crippen LogP contribution is -2.01. The van der Waals surface area contributed by atoms with E-state index < -0.39 is 0 Å². The summed E-state index contributed by atoms with van der Waals surface area (Å²) in [7, 11) is 0. The van der Waals surface area contributed by atoms with Gasteiger partial charge in [0.1, 0.15) is 0 Å². The van der Waals surface area contributed by atoms with Crippen LogP contribution < -0.4 is 0 Å². The van der Waals surface area contributed by atoms with E-state index in [1.54, 1.807) is 0 Å². The Balaban J connectivity index is 2.48. The lowest BCUT2D eigenvalue weighted by Gasteiger charge is -2.17. The quantitative estimate of drug-likeness (QED) is 0.650. The number of hydrogen-bond acceptors (Lipinski definition) is 0. The highest BCUT2D eigenvalue weighted by molar-refractivity contribution is 6.22. The van der Waals surface area contributed by atoms with Gasteiger partial charge in [-0.3, -0.25) is 0 Å². The third kappa shape index (κ3) is 3.01. The number of alkyl halides is 1. The molecule has 1 heteroatoms. The van der Waals surface area contributed by atoms with Gasteiger partial charge >= 0.3 is 0 Å². The lowest BCUT2D eigenvalue weighted by molar-refractivity contribution is 1.01. The molecule has 0 aliphatic heterocycles. The molecule has 2 aromatic rings. The molecule has 0 aromatic heterocycles. The summed E-state index contributed by atoms with van der Waals surface area (Å²) < 4.78 is 0. The Labute approximate surface area is 121 Å². The minimum absolute atomic E-state index is 0.0531. The van der Waals surface area contributed by atoms with Crippen LogP contribution in [-0.2, 0) is 12.8 Å². The number of halogens is 1. The topological polar surface area (TPSA) is 0 Å². The molecule has 0 amide bonds. The van der Waals surface area contributed by atoms with Crippen LogP contribution >= 0.6 is 11.6 Å². The van der Waals surface area contributed by atoms with Crippen molar-refractivity contribution in [3.8, 4) is 0 Å². The molecule has 19 heavy (non-hydrogen) atoms. The van der Waals surface area contributed by atoms with Crippen LogP contribution in [0.5, 0.6) is 0 Å². The first-order chi connectivity index (χ1) is 9.17. The van der Waals surface area contributed by atoms with E-state index in [2.05, 4.69) is 63.2 Å². The first kappa shape index (κ1) is 14.1. The van der Waals surface area contributed by atoms with Crippen molar-refractivity contribution in [2.45, 2.75) is 39.0 Å². The van der Waals surface area contributed by atoms with Gasteiger partial charge in [-0.15, -0.1) is 11.6 Å². The molecule has 0 fully saturated rings. The highest BCUT2D eigenvalue weighted by Gasteiger charge is 2.16. The molecule has 0 saturated heterocycles. The Hall–Kier alpha value is -1.27. The Bertz CT molecular complexity index is 557. The normalized spacial score (nSPS) is 12.4. The van der Waals surface area contributed by atoms with Crippen LogP contribution in [0.15, 0.2) is 42.5 Å². The zero-order valence-electron chi connectivity index (χ0n) is 11.9. The average molecular weight is 273 g/mol. The largest absolute Gasteiger partial charge is 0.113 e. The first-order valence-electron chi connectivity index (χ1n) is 6.98. The summed E-state index contributed by atoms with van der Waals surface area (Å²) in [6.45, 7) is 6.49. The van der Waals surface area contributed by atoms with Crippen molar-refractivity contribution in [2.24, 2.45) is 0 Å². The van der Waals surface area contributed by atoms with Crippen molar-refractivity contribution < 1.29 is 0 Å². The van der Waals surface area contributed by atoms with Gasteiger partial charge in [-0.05, 0) is 47.6 Å². The summed E-state index contributed by atoms with van der Waals surface area (Å²) in [5.41, 5.74) is 6.43. The van der Waals surface area contributed by atoms with Crippen molar-refractivity contribution in [1.29, 1.82) is 0 Å². The number of aryl methyl sites for hydroxylation is 3. The third-order valence-corrected chi connectivity index (χ3v) is 4.20. The molecule has 0 radical (unpaired) electrons. The fourth-order valence-corrected chi connectivity index (χ4v) is 2.91. The third-order valence-electron chi connectivity index (χ3n) is 3.73. The molecule has 0 heterocycles. The average Bonchev–Trinajstić information content (AvgIpc) is 2.46. The summed E-state index contributed by atoms with van der Waals surface area (Å²) in [6.07, 6.45) is 2.07. The molecule has 0 nitrogen and oxygen atoms in total. The summed E-state index contributed by atoms with van der Waals surface area (Å²) in [6, 6.07) is 15.1. The second kappa shape index (κ2) is 6.25. The lowest BCUT2D eigenvalue weighted by atomic mass is 9.93. The van der Waals surface area contributed by atoms with Crippen molar-refractivity contribution in [3.05, 3.63) is 70.3 Å². The molecule has 2 rings (SSSR count). The molecule has 2 aromatic carbocycles. The van der Waals surface area contributed by atoms with Gasteiger partial charge in [0.15, 0.2) is 0 Å². The van der Waals surface area contributed by atoms with Crippen LogP contribution in [0.2, 0.25) is 0 Å². The van der Waals surface area contributed by atoms with E-state index in [0.29, 0.717) is 0 Å². The summed E-state index contributed by atoms with van der Waals surface area (Å²) >= 11 is 6.75. The van der Waals surface area contributed by atoms with Crippen LogP contribution in [0.25, 0.3) is 0 Å². The maximum absolute atomic E-state index is 6.75. The number of hydrogen-bond donors (Lipinski definition) is 0. The zero-order chi connectivity index (χ0) is 13.8. The maximum Gasteiger partial charge on any atom is 0.0840 e. The summed E-state index contributed by atoms with van der Waals surface area (Å²) in [4.78, 5) is 0. The van der Waals surface area contributed by atoms with Gasteiger partial charge in [0.2, 0.25) is 0 Å². The second-order valence-electron chi connectivity index (χ2n) is 4.96. The second-order valence-corrected chi connectivity index (χ2v) is 5.40. The zero-order valence-corrected chi connectivity index (χ0v) is 12.7. The van der Waals surface area contributed by atoms with Crippen LogP contribution in [-0.4, -0.2) is 0 Å². The fraction of sp³-hybridized carbons (Fsp3) is 0.333. The standard InChI is InChI=1S/C18H21Cl/c1-4-14-10-11-15(5-2)17(12-14)18(19)16-9-7-6-8-13(16)3/h6-12,18H,4-5H2,1-3H3. The predicted octanol–water partition coefficient (Wildman–Crippen LogP) is 5.45. The number of rotatable bonds is 4. The van der Waals surface area contributed by atoms with Crippen molar-refractivity contribution in [2.75, 3.05) is 0 Å². The summed E-state index contributed by atoms with van der Waals surface area (Å²) in [5, 5.41) is -0.0531.